The molecule has 2 aromatic carbocycles. The molecular weight excluding hydrogens is 362 g/mol. The van der Waals surface area contributed by atoms with E-state index in [1.54, 1.807) is 0 Å². The normalized spacial score (nSPS) is 15.2. The molecule has 5 heteroatoms. The Morgan fingerprint density at radius 2 is 1.62 bits per heavy atom. The third-order valence-corrected chi connectivity index (χ3v) is 5.30. The molecule has 0 atom stereocenters. The van der Waals surface area contributed by atoms with E-state index in [4.69, 9.17) is 4.74 Å². The van der Waals surface area contributed by atoms with Crippen molar-refractivity contribution in [2.45, 2.75) is 26.2 Å². The first-order valence-corrected chi connectivity index (χ1v) is 10.4. The van der Waals surface area contributed by atoms with Crippen molar-refractivity contribution in [1.29, 1.82) is 0 Å². The van der Waals surface area contributed by atoms with Crippen LogP contribution in [0.2, 0.25) is 0 Å². The quantitative estimate of drug-likeness (QED) is 0.781. The van der Waals surface area contributed by atoms with Crippen LogP contribution < -0.4 is 15.0 Å². The van der Waals surface area contributed by atoms with Gasteiger partial charge in [0.2, 0.25) is 0 Å². The van der Waals surface area contributed by atoms with Crippen molar-refractivity contribution in [2.75, 3.05) is 50.8 Å². The number of carbonyl (C=O) groups is 1. The Balaban J connectivity index is 1.36. The Morgan fingerprint density at radius 1 is 0.966 bits per heavy atom. The first-order chi connectivity index (χ1) is 13.9. The van der Waals surface area contributed by atoms with Crippen molar-refractivity contribution < 1.29 is 9.53 Å². The minimum Gasteiger partial charge on any atom is -0.483 e. The largest absolute Gasteiger partial charge is 0.483 e. The highest BCUT2D eigenvalue weighted by molar-refractivity contribution is 5.77. The minimum atomic E-state index is -0.0726. The number of nitrogens with one attached hydrogen (secondary N) is 1. The number of hydrogen-bond acceptors (Lipinski definition) is 4. The van der Waals surface area contributed by atoms with E-state index in [1.807, 2.05) is 24.3 Å². The molecule has 0 aliphatic carbocycles. The number of piperazine rings is 1. The molecule has 0 aromatic heterocycles. The molecule has 1 saturated heterocycles. The molecule has 156 valence electrons. The van der Waals surface area contributed by atoms with Gasteiger partial charge in [-0.05, 0) is 29.2 Å². The van der Waals surface area contributed by atoms with Crippen LogP contribution >= 0.6 is 0 Å². The summed E-state index contributed by atoms with van der Waals surface area (Å²) in [6.07, 6.45) is 0. The summed E-state index contributed by atoms with van der Waals surface area (Å²) in [6.45, 7) is 12.1. The van der Waals surface area contributed by atoms with E-state index in [0.717, 1.165) is 44.0 Å². The molecule has 0 radical (unpaired) electrons. The maximum atomic E-state index is 12.2. The number of carbonyl (C=O) groups excluding carboxylic acids is 1. The van der Waals surface area contributed by atoms with E-state index in [0.29, 0.717) is 6.54 Å². The van der Waals surface area contributed by atoms with Gasteiger partial charge in [-0.1, -0.05) is 57.2 Å². The molecule has 0 bridgehead atoms. The molecule has 1 fully saturated rings. The number of benzene rings is 2. The predicted octanol–water partition coefficient (Wildman–Crippen LogP) is 3.30. The topological polar surface area (TPSA) is 44.8 Å². The number of rotatable bonds is 7. The van der Waals surface area contributed by atoms with Gasteiger partial charge < -0.3 is 15.0 Å². The molecule has 3 rings (SSSR count). The van der Waals surface area contributed by atoms with E-state index in [1.165, 1.54) is 5.69 Å². The summed E-state index contributed by atoms with van der Waals surface area (Å²) in [5.41, 5.74) is 2.38. The first kappa shape index (κ1) is 21.2. The Hall–Kier alpha value is -2.53. The molecule has 1 aliphatic heterocycles. The summed E-state index contributed by atoms with van der Waals surface area (Å²) in [5.74, 6) is 0.712. The smallest absolute Gasteiger partial charge is 0.257 e. The van der Waals surface area contributed by atoms with Gasteiger partial charge in [0.1, 0.15) is 5.75 Å². The fraction of sp³-hybridized carbons (Fsp3) is 0.458. The van der Waals surface area contributed by atoms with Crippen LogP contribution in [0.15, 0.2) is 54.6 Å². The van der Waals surface area contributed by atoms with Gasteiger partial charge >= 0.3 is 0 Å². The van der Waals surface area contributed by atoms with Crippen molar-refractivity contribution in [2.24, 2.45) is 0 Å². The molecule has 0 unspecified atom stereocenters. The van der Waals surface area contributed by atoms with Crippen LogP contribution in [-0.2, 0) is 10.2 Å². The SMILES string of the molecule is CC(C)(C)c1ccccc1OCC(=O)NCCN1CCN(c2ccccc2)CC1. The summed E-state index contributed by atoms with van der Waals surface area (Å²) >= 11 is 0. The van der Waals surface area contributed by atoms with Crippen LogP contribution in [-0.4, -0.2) is 56.7 Å². The highest BCUT2D eigenvalue weighted by Crippen LogP contribution is 2.30. The summed E-state index contributed by atoms with van der Waals surface area (Å²) < 4.78 is 5.80. The fourth-order valence-corrected chi connectivity index (χ4v) is 3.63. The lowest BCUT2D eigenvalue weighted by Gasteiger charge is -2.36. The lowest BCUT2D eigenvalue weighted by molar-refractivity contribution is -0.123. The Bertz CT molecular complexity index is 778. The highest BCUT2D eigenvalue weighted by Gasteiger charge is 2.19. The van der Waals surface area contributed by atoms with Gasteiger partial charge in [-0.3, -0.25) is 9.69 Å². The van der Waals surface area contributed by atoms with Gasteiger partial charge in [0.15, 0.2) is 6.61 Å². The molecule has 0 saturated carbocycles. The first-order valence-electron chi connectivity index (χ1n) is 10.4. The second-order valence-corrected chi connectivity index (χ2v) is 8.55. The van der Waals surface area contributed by atoms with Crippen LogP contribution in [0.4, 0.5) is 5.69 Å². The van der Waals surface area contributed by atoms with Gasteiger partial charge in [-0.25, -0.2) is 0 Å². The molecule has 1 N–H and O–H groups in total. The van der Waals surface area contributed by atoms with E-state index in [2.05, 4.69) is 66.2 Å². The molecular formula is C24H33N3O2. The maximum Gasteiger partial charge on any atom is 0.257 e. The molecule has 2 aromatic rings. The van der Waals surface area contributed by atoms with E-state index in [-0.39, 0.29) is 17.9 Å². The predicted molar refractivity (Wildman–Crippen MR) is 119 cm³/mol. The summed E-state index contributed by atoms with van der Waals surface area (Å²) in [6, 6.07) is 18.5. The molecule has 1 aliphatic rings. The lowest BCUT2D eigenvalue weighted by Crippen LogP contribution is -2.48. The minimum absolute atomic E-state index is 0.0189. The third-order valence-electron chi connectivity index (χ3n) is 5.30. The molecule has 0 spiro atoms. The standard InChI is InChI=1S/C24H33N3O2/c1-24(2,3)21-11-7-8-12-22(21)29-19-23(28)25-13-14-26-15-17-27(18-16-26)20-9-5-4-6-10-20/h4-12H,13-19H2,1-3H3,(H,25,28). The number of para-hydroxylation sites is 2. The van der Waals surface area contributed by atoms with Crippen LogP contribution in [0.3, 0.4) is 0 Å². The van der Waals surface area contributed by atoms with Crippen molar-refractivity contribution in [1.82, 2.24) is 10.2 Å². The van der Waals surface area contributed by atoms with Crippen LogP contribution in [0, 0.1) is 0 Å². The van der Waals surface area contributed by atoms with Gasteiger partial charge in [0, 0.05) is 45.0 Å². The van der Waals surface area contributed by atoms with E-state index in [9.17, 15) is 4.79 Å². The fourth-order valence-electron chi connectivity index (χ4n) is 3.63. The molecule has 1 heterocycles. The van der Waals surface area contributed by atoms with Crippen molar-refractivity contribution in [3.8, 4) is 5.75 Å². The second kappa shape index (κ2) is 9.79. The zero-order chi connectivity index (χ0) is 20.7. The summed E-state index contributed by atoms with van der Waals surface area (Å²) in [5, 5.41) is 2.98. The number of nitrogens with zero attached hydrogens (tertiary/aromatic N) is 2. The van der Waals surface area contributed by atoms with Gasteiger partial charge in [0.05, 0.1) is 0 Å². The van der Waals surface area contributed by atoms with Crippen LogP contribution in [0.1, 0.15) is 26.3 Å². The average molecular weight is 396 g/mol. The molecule has 5 nitrogen and oxygen atoms in total. The monoisotopic (exact) mass is 395 g/mol. The van der Waals surface area contributed by atoms with Crippen molar-refractivity contribution in [3.05, 3.63) is 60.2 Å². The lowest BCUT2D eigenvalue weighted by atomic mass is 9.86. The highest BCUT2D eigenvalue weighted by atomic mass is 16.5. The van der Waals surface area contributed by atoms with Gasteiger partial charge in [-0.15, -0.1) is 0 Å². The van der Waals surface area contributed by atoms with Gasteiger partial charge in [0.25, 0.3) is 5.91 Å². The van der Waals surface area contributed by atoms with Gasteiger partial charge in [-0.2, -0.15) is 0 Å². The Kier molecular flexibility index (Phi) is 7.15. The van der Waals surface area contributed by atoms with E-state index < -0.39 is 0 Å². The third kappa shape index (κ3) is 6.23. The maximum absolute atomic E-state index is 12.2. The van der Waals surface area contributed by atoms with Crippen molar-refractivity contribution >= 4 is 11.6 Å². The summed E-state index contributed by atoms with van der Waals surface area (Å²) in [7, 11) is 0. The number of hydrogen-bond donors (Lipinski definition) is 1. The van der Waals surface area contributed by atoms with E-state index >= 15 is 0 Å². The number of amides is 1. The number of anilines is 1. The number of ether oxygens (including phenoxy) is 1. The summed E-state index contributed by atoms with van der Waals surface area (Å²) in [4.78, 5) is 17.0. The second-order valence-electron chi connectivity index (χ2n) is 8.55. The zero-order valence-electron chi connectivity index (χ0n) is 17.9. The molecule has 1 amide bonds. The van der Waals surface area contributed by atoms with Crippen LogP contribution in [0.5, 0.6) is 5.75 Å². The Morgan fingerprint density at radius 3 is 2.31 bits per heavy atom. The Labute approximate surface area is 174 Å². The van der Waals surface area contributed by atoms with Crippen LogP contribution in [0.25, 0.3) is 0 Å². The average Bonchev–Trinajstić information content (AvgIpc) is 2.73. The molecule has 29 heavy (non-hydrogen) atoms. The van der Waals surface area contributed by atoms with Crippen molar-refractivity contribution in [3.63, 3.8) is 0 Å². The zero-order valence-corrected chi connectivity index (χ0v) is 17.9.